The van der Waals surface area contributed by atoms with E-state index in [9.17, 15) is 9.59 Å². The molecule has 2 N–H and O–H groups in total. The largest absolute Gasteiger partial charge is 0.351 e. The zero-order chi connectivity index (χ0) is 19.2. The zero-order valence-corrected chi connectivity index (χ0v) is 17.2. The van der Waals surface area contributed by atoms with Crippen LogP contribution >= 0.6 is 0 Å². The summed E-state index contributed by atoms with van der Waals surface area (Å²) in [6.45, 7) is 6.82. The lowest BCUT2D eigenvalue weighted by atomic mass is 10.1. The van der Waals surface area contributed by atoms with Gasteiger partial charge in [0.25, 0.3) is 0 Å². The van der Waals surface area contributed by atoms with Crippen molar-refractivity contribution in [1.29, 1.82) is 0 Å². The standard InChI is InChI=1S/C19H36N2O2.C2H6/c1-3-4-5-6-7-8-9-10-11-12-13-14-15-16-17-21-19(23)18(22)20-2;1-2/h12-13H,3-11,14-17H2,1-2H3,(H,20,22)(H,21,23);1-2H3/b13-12-;. The number of carbonyl (C=O) groups excluding carboxylic acids is 2. The van der Waals surface area contributed by atoms with E-state index in [4.69, 9.17) is 0 Å². The molecule has 0 spiro atoms. The number of unbranched alkanes of at least 4 members (excludes halogenated alkanes) is 10. The Morgan fingerprint density at radius 3 is 1.72 bits per heavy atom. The van der Waals surface area contributed by atoms with Crippen LogP contribution < -0.4 is 10.6 Å². The summed E-state index contributed by atoms with van der Waals surface area (Å²) in [7, 11) is 1.46. The number of carbonyl (C=O) groups is 2. The van der Waals surface area contributed by atoms with Crippen LogP contribution in [0, 0.1) is 0 Å². The van der Waals surface area contributed by atoms with E-state index in [2.05, 4.69) is 29.7 Å². The Labute approximate surface area is 156 Å². The Morgan fingerprint density at radius 2 is 1.20 bits per heavy atom. The fraction of sp³-hybridized carbons (Fsp3) is 0.810. The summed E-state index contributed by atoms with van der Waals surface area (Å²) >= 11 is 0. The Balaban J connectivity index is 0. The van der Waals surface area contributed by atoms with E-state index >= 15 is 0 Å². The van der Waals surface area contributed by atoms with Crippen molar-refractivity contribution in [3.05, 3.63) is 12.2 Å². The highest BCUT2D eigenvalue weighted by Crippen LogP contribution is 2.10. The highest BCUT2D eigenvalue weighted by Gasteiger charge is 2.08. The highest BCUT2D eigenvalue weighted by molar-refractivity contribution is 6.34. The van der Waals surface area contributed by atoms with Gasteiger partial charge in [0.05, 0.1) is 0 Å². The summed E-state index contributed by atoms with van der Waals surface area (Å²) in [5.74, 6) is -1.12. The van der Waals surface area contributed by atoms with Gasteiger partial charge in [-0.1, -0.05) is 77.9 Å². The number of allylic oxidation sites excluding steroid dienone is 2. The third-order valence-corrected chi connectivity index (χ3v) is 3.91. The second-order valence-electron chi connectivity index (χ2n) is 6.07. The molecule has 148 valence electrons. The summed E-state index contributed by atoms with van der Waals surface area (Å²) in [5, 5.41) is 4.91. The zero-order valence-electron chi connectivity index (χ0n) is 17.2. The van der Waals surface area contributed by atoms with Gasteiger partial charge in [-0.3, -0.25) is 9.59 Å². The van der Waals surface area contributed by atoms with Gasteiger partial charge >= 0.3 is 11.8 Å². The molecule has 25 heavy (non-hydrogen) atoms. The molecule has 0 saturated carbocycles. The first-order chi connectivity index (χ1) is 12.2. The monoisotopic (exact) mass is 354 g/mol. The lowest BCUT2D eigenvalue weighted by Gasteiger charge is -2.02. The van der Waals surface area contributed by atoms with Gasteiger partial charge in [-0.2, -0.15) is 0 Å². The van der Waals surface area contributed by atoms with Gasteiger partial charge in [0, 0.05) is 13.6 Å². The smallest absolute Gasteiger partial charge is 0.309 e. The number of amides is 2. The average molecular weight is 355 g/mol. The highest BCUT2D eigenvalue weighted by atomic mass is 16.2. The molecule has 2 amide bonds. The molecule has 0 atom stereocenters. The predicted molar refractivity (Wildman–Crippen MR) is 109 cm³/mol. The van der Waals surface area contributed by atoms with E-state index in [-0.39, 0.29) is 0 Å². The maximum Gasteiger partial charge on any atom is 0.309 e. The number of rotatable bonds is 14. The molecular formula is C21H42N2O2. The first-order valence-corrected chi connectivity index (χ1v) is 10.4. The molecule has 0 aromatic carbocycles. The Hall–Kier alpha value is -1.32. The van der Waals surface area contributed by atoms with Gasteiger partial charge in [-0.05, 0) is 32.1 Å². The molecule has 0 aromatic heterocycles. The van der Waals surface area contributed by atoms with E-state index in [1.165, 1.54) is 64.8 Å². The Kier molecular flexibility index (Phi) is 23.5. The summed E-state index contributed by atoms with van der Waals surface area (Å²) in [5.41, 5.74) is 0. The second-order valence-corrected chi connectivity index (χ2v) is 6.07. The molecule has 0 rings (SSSR count). The molecule has 4 nitrogen and oxygen atoms in total. The predicted octanol–water partition coefficient (Wildman–Crippen LogP) is 5.13. The molecule has 0 aliphatic rings. The van der Waals surface area contributed by atoms with Gasteiger partial charge in [0.1, 0.15) is 0 Å². The van der Waals surface area contributed by atoms with Crippen molar-refractivity contribution in [3.63, 3.8) is 0 Å². The van der Waals surface area contributed by atoms with E-state index in [1.54, 1.807) is 0 Å². The van der Waals surface area contributed by atoms with E-state index < -0.39 is 11.8 Å². The van der Waals surface area contributed by atoms with E-state index in [0.29, 0.717) is 6.54 Å². The summed E-state index contributed by atoms with van der Waals surface area (Å²) in [6.07, 6.45) is 19.6. The summed E-state index contributed by atoms with van der Waals surface area (Å²) in [4.78, 5) is 22.1. The Morgan fingerprint density at radius 1 is 0.720 bits per heavy atom. The third-order valence-electron chi connectivity index (χ3n) is 3.91. The van der Waals surface area contributed by atoms with Crippen LogP contribution in [0.5, 0.6) is 0 Å². The fourth-order valence-corrected chi connectivity index (χ4v) is 2.41. The van der Waals surface area contributed by atoms with Crippen LogP contribution in [-0.4, -0.2) is 25.4 Å². The van der Waals surface area contributed by atoms with Crippen molar-refractivity contribution in [3.8, 4) is 0 Å². The summed E-state index contributed by atoms with van der Waals surface area (Å²) in [6, 6.07) is 0. The van der Waals surface area contributed by atoms with Gasteiger partial charge < -0.3 is 10.6 Å². The van der Waals surface area contributed by atoms with Crippen LogP contribution in [0.25, 0.3) is 0 Å². The van der Waals surface area contributed by atoms with Gasteiger partial charge in [0.15, 0.2) is 0 Å². The molecule has 0 fully saturated rings. The van der Waals surface area contributed by atoms with Gasteiger partial charge in [-0.25, -0.2) is 0 Å². The Bertz CT molecular complexity index is 328. The van der Waals surface area contributed by atoms with Crippen LogP contribution in [0.15, 0.2) is 12.2 Å². The van der Waals surface area contributed by atoms with Crippen LogP contribution in [0.4, 0.5) is 0 Å². The molecule has 0 saturated heterocycles. The molecule has 0 bridgehead atoms. The minimum absolute atomic E-state index is 0.544. The van der Waals surface area contributed by atoms with Crippen molar-refractivity contribution in [2.75, 3.05) is 13.6 Å². The number of hydrogen-bond donors (Lipinski definition) is 2. The van der Waals surface area contributed by atoms with Crippen molar-refractivity contribution in [2.24, 2.45) is 0 Å². The van der Waals surface area contributed by atoms with Crippen molar-refractivity contribution in [1.82, 2.24) is 10.6 Å². The second kappa shape index (κ2) is 22.7. The maximum absolute atomic E-state index is 11.2. The SMILES string of the molecule is CC.CCCCCCCCCC/C=C\CCCCNC(=O)C(=O)NC. The molecule has 0 aromatic rings. The van der Waals surface area contributed by atoms with Gasteiger partial charge in [0.2, 0.25) is 0 Å². The number of nitrogens with one attached hydrogen (secondary N) is 2. The number of hydrogen-bond acceptors (Lipinski definition) is 2. The van der Waals surface area contributed by atoms with Crippen LogP contribution in [0.1, 0.15) is 97.8 Å². The van der Waals surface area contributed by atoms with Gasteiger partial charge in [-0.15, -0.1) is 0 Å². The molecule has 0 unspecified atom stereocenters. The normalized spacial score (nSPS) is 10.2. The third kappa shape index (κ3) is 20.6. The molecule has 0 aliphatic carbocycles. The molecule has 0 radical (unpaired) electrons. The fourth-order valence-electron chi connectivity index (χ4n) is 2.41. The lowest BCUT2D eigenvalue weighted by molar-refractivity contribution is -0.138. The number of likely N-dealkylation sites (N-methyl/N-ethyl adjacent to an activating group) is 1. The lowest BCUT2D eigenvalue weighted by Crippen LogP contribution is -2.38. The average Bonchev–Trinajstić information content (AvgIpc) is 2.65. The quantitative estimate of drug-likeness (QED) is 0.258. The van der Waals surface area contributed by atoms with Crippen LogP contribution in [0.3, 0.4) is 0 Å². The van der Waals surface area contributed by atoms with Crippen LogP contribution in [-0.2, 0) is 9.59 Å². The first-order valence-electron chi connectivity index (χ1n) is 10.4. The van der Waals surface area contributed by atoms with Crippen molar-refractivity contribution >= 4 is 11.8 Å². The van der Waals surface area contributed by atoms with Crippen LogP contribution in [0.2, 0.25) is 0 Å². The van der Waals surface area contributed by atoms with E-state index in [0.717, 1.165) is 19.3 Å². The molecule has 0 heterocycles. The van der Waals surface area contributed by atoms with E-state index in [1.807, 2.05) is 13.8 Å². The maximum atomic E-state index is 11.2. The summed E-state index contributed by atoms with van der Waals surface area (Å²) < 4.78 is 0. The molecular weight excluding hydrogens is 312 g/mol. The minimum atomic E-state index is -0.574. The molecule has 4 heteroatoms. The van der Waals surface area contributed by atoms with Crippen molar-refractivity contribution in [2.45, 2.75) is 97.8 Å². The topological polar surface area (TPSA) is 58.2 Å². The first kappa shape index (κ1) is 25.9. The van der Waals surface area contributed by atoms with Crippen molar-refractivity contribution < 1.29 is 9.59 Å². The molecule has 0 aliphatic heterocycles. The minimum Gasteiger partial charge on any atom is -0.351 e.